The molecule has 2 unspecified atom stereocenters. The van der Waals surface area contributed by atoms with Crippen LogP contribution in [0.2, 0.25) is 0 Å². The van der Waals surface area contributed by atoms with E-state index in [1.165, 1.54) is 12.8 Å². The second-order valence-electron chi connectivity index (χ2n) is 8.24. The number of methoxy groups -OCH3 is 1. The highest BCUT2D eigenvalue weighted by Crippen LogP contribution is 2.31. The van der Waals surface area contributed by atoms with Crippen LogP contribution in [-0.4, -0.2) is 23.2 Å². The van der Waals surface area contributed by atoms with Crippen LogP contribution >= 0.6 is 0 Å². The summed E-state index contributed by atoms with van der Waals surface area (Å²) < 4.78 is 7.21. The highest BCUT2D eigenvalue weighted by atomic mass is 16.5. The molecule has 2 aromatic carbocycles. The number of aryl methyl sites for hydroxylation is 1. The van der Waals surface area contributed by atoms with Crippen molar-refractivity contribution in [2.75, 3.05) is 13.7 Å². The Morgan fingerprint density at radius 1 is 1.17 bits per heavy atom. The van der Waals surface area contributed by atoms with Gasteiger partial charge in [0.1, 0.15) is 11.6 Å². The molecule has 0 radical (unpaired) electrons. The van der Waals surface area contributed by atoms with Crippen molar-refractivity contribution in [2.45, 2.75) is 39.2 Å². The summed E-state index contributed by atoms with van der Waals surface area (Å²) in [6.45, 7) is 3.47. The number of ether oxygens (including phenoxy) is 1. The maximum atomic E-state index is 13.5. The average Bonchev–Trinajstić information content (AvgIpc) is 2.75. The highest BCUT2D eigenvalue weighted by Gasteiger charge is 2.23. The number of fused-ring (bicyclic) bond motifs is 1. The second kappa shape index (κ2) is 8.37. The first-order chi connectivity index (χ1) is 14.1. The number of nitrogens with zero attached hydrogens (tertiary/aromatic N) is 2. The van der Waals surface area contributed by atoms with Gasteiger partial charge in [-0.25, -0.2) is 4.98 Å². The molecule has 2 atom stereocenters. The lowest BCUT2D eigenvalue weighted by atomic mass is 9.81. The summed E-state index contributed by atoms with van der Waals surface area (Å²) in [4.78, 5) is 18.5. The summed E-state index contributed by atoms with van der Waals surface area (Å²) in [5.74, 6) is 2.42. The number of rotatable bonds is 5. The third kappa shape index (κ3) is 4.06. The third-order valence-corrected chi connectivity index (χ3v) is 6.10. The molecule has 1 saturated carbocycles. The predicted octanol–water partition coefficient (Wildman–Crippen LogP) is 4.15. The third-order valence-electron chi connectivity index (χ3n) is 6.10. The molecular formula is C24H29N3O2. The van der Waals surface area contributed by atoms with Crippen LogP contribution in [0, 0.1) is 18.8 Å². The largest absolute Gasteiger partial charge is 0.497 e. The van der Waals surface area contributed by atoms with Crippen LogP contribution in [0.25, 0.3) is 22.3 Å². The predicted molar refractivity (Wildman–Crippen MR) is 117 cm³/mol. The fourth-order valence-corrected chi connectivity index (χ4v) is 4.54. The molecule has 0 saturated heterocycles. The Morgan fingerprint density at radius 2 is 2.00 bits per heavy atom. The van der Waals surface area contributed by atoms with Gasteiger partial charge in [-0.05, 0) is 68.8 Å². The van der Waals surface area contributed by atoms with Crippen molar-refractivity contribution < 1.29 is 4.74 Å². The van der Waals surface area contributed by atoms with E-state index in [4.69, 9.17) is 15.5 Å². The van der Waals surface area contributed by atoms with Crippen LogP contribution in [0.4, 0.5) is 0 Å². The Hall–Kier alpha value is -2.66. The zero-order chi connectivity index (χ0) is 20.4. The molecule has 3 aromatic rings. The van der Waals surface area contributed by atoms with E-state index in [-0.39, 0.29) is 5.56 Å². The van der Waals surface area contributed by atoms with E-state index < -0.39 is 0 Å². The van der Waals surface area contributed by atoms with Crippen LogP contribution in [0.5, 0.6) is 5.75 Å². The lowest BCUT2D eigenvalue weighted by molar-refractivity contribution is 0.246. The van der Waals surface area contributed by atoms with Gasteiger partial charge >= 0.3 is 0 Å². The molecule has 29 heavy (non-hydrogen) atoms. The quantitative estimate of drug-likeness (QED) is 0.709. The SMILES string of the molecule is COc1ccc2nc(-c3cccc(C)c3)n(CC3CCCC(CN)C3)c(=O)c2c1. The van der Waals surface area contributed by atoms with E-state index in [2.05, 4.69) is 19.1 Å². The molecule has 152 valence electrons. The van der Waals surface area contributed by atoms with Gasteiger partial charge in [0.15, 0.2) is 0 Å². The molecule has 1 aromatic heterocycles. The summed E-state index contributed by atoms with van der Waals surface area (Å²) in [6, 6.07) is 13.7. The number of hydrogen-bond donors (Lipinski definition) is 1. The maximum absolute atomic E-state index is 13.5. The standard InChI is InChI=1S/C24H29N3O2/c1-16-5-3-8-19(11-16)23-26-22-10-9-20(29-2)13-21(22)24(28)27(23)15-18-7-4-6-17(12-18)14-25/h3,5,8-11,13,17-18H,4,6-7,12,14-15,25H2,1-2H3. The van der Waals surface area contributed by atoms with E-state index >= 15 is 0 Å². The fourth-order valence-electron chi connectivity index (χ4n) is 4.54. The van der Waals surface area contributed by atoms with E-state index in [9.17, 15) is 4.79 Å². The Balaban J connectivity index is 1.85. The van der Waals surface area contributed by atoms with Crippen molar-refractivity contribution in [3.05, 3.63) is 58.4 Å². The summed E-state index contributed by atoms with van der Waals surface area (Å²) in [7, 11) is 1.61. The molecular weight excluding hydrogens is 362 g/mol. The Kier molecular flexibility index (Phi) is 5.67. The van der Waals surface area contributed by atoms with Crippen molar-refractivity contribution in [3.63, 3.8) is 0 Å². The molecule has 1 aliphatic carbocycles. The molecule has 1 fully saturated rings. The zero-order valence-electron chi connectivity index (χ0n) is 17.2. The monoisotopic (exact) mass is 391 g/mol. The fraction of sp³-hybridized carbons (Fsp3) is 0.417. The van der Waals surface area contributed by atoms with Crippen LogP contribution in [-0.2, 0) is 6.54 Å². The first-order valence-corrected chi connectivity index (χ1v) is 10.4. The van der Waals surface area contributed by atoms with Gasteiger partial charge in [-0.1, -0.05) is 30.2 Å². The van der Waals surface area contributed by atoms with Crippen molar-refractivity contribution in [2.24, 2.45) is 17.6 Å². The average molecular weight is 392 g/mol. The van der Waals surface area contributed by atoms with Gasteiger partial charge in [0.05, 0.1) is 18.0 Å². The van der Waals surface area contributed by atoms with E-state index in [0.29, 0.717) is 35.0 Å². The molecule has 0 aliphatic heterocycles. The van der Waals surface area contributed by atoms with Gasteiger partial charge in [0, 0.05) is 12.1 Å². The van der Waals surface area contributed by atoms with Crippen LogP contribution in [0.1, 0.15) is 31.2 Å². The van der Waals surface area contributed by atoms with Gasteiger partial charge in [-0.15, -0.1) is 0 Å². The minimum absolute atomic E-state index is 0.000257. The lowest BCUT2D eigenvalue weighted by Crippen LogP contribution is -2.30. The normalized spacial score (nSPS) is 19.4. The molecule has 1 aliphatic rings. The Morgan fingerprint density at radius 3 is 2.76 bits per heavy atom. The number of nitrogens with two attached hydrogens (primary N) is 1. The number of benzene rings is 2. The smallest absolute Gasteiger partial charge is 0.261 e. The van der Waals surface area contributed by atoms with Gasteiger partial charge in [-0.2, -0.15) is 0 Å². The summed E-state index contributed by atoms with van der Waals surface area (Å²) in [5.41, 5.74) is 8.77. The number of hydrogen-bond acceptors (Lipinski definition) is 4. The van der Waals surface area contributed by atoms with Crippen molar-refractivity contribution >= 4 is 10.9 Å². The van der Waals surface area contributed by atoms with Crippen molar-refractivity contribution in [1.29, 1.82) is 0 Å². The van der Waals surface area contributed by atoms with Gasteiger partial charge < -0.3 is 10.5 Å². The molecule has 2 N–H and O–H groups in total. The van der Waals surface area contributed by atoms with Gasteiger partial charge in [0.2, 0.25) is 0 Å². The van der Waals surface area contributed by atoms with E-state index in [0.717, 1.165) is 36.3 Å². The summed E-state index contributed by atoms with van der Waals surface area (Å²) in [6.07, 6.45) is 4.58. The van der Waals surface area contributed by atoms with Crippen molar-refractivity contribution in [1.82, 2.24) is 9.55 Å². The number of aromatic nitrogens is 2. The minimum atomic E-state index is 0.000257. The van der Waals surface area contributed by atoms with E-state index in [1.54, 1.807) is 13.2 Å². The van der Waals surface area contributed by atoms with Crippen LogP contribution in [0.15, 0.2) is 47.3 Å². The van der Waals surface area contributed by atoms with E-state index in [1.807, 2.05) is 28.8 Å². The Labute approximate surface area is 171 Å². The summed E-state index contributed by atoms with van der Waals surface area (Å²) in [5, 5.41) is 0.604. The van der Waals surface area contributed by atoms with Gasteiger partial charge in [0.25, 0.3) is 5.56 Å². The topological polar surface area (TPSA) is 70.1 Å². The lowest BCUT2D eigenvalue weighted by Gasteiger charge is -2.29. The zero-order valence-corrected chi connectivity index (χ0v) is 17.2. The molecule has 5 heteroatoms. The molecule has 5 nitrogen and oxygen atoms in total. The van der Waals surface area contributed by atoms with Crippen LogP contribution < -0.4 is 16.0 Å². The Bertz CT molecular complexity index is 1070. The molecule has 4 rings (SSSR count). The summed E-state index contributed by atoms with van der Waals surface area (Å²) >= 11 is 0. The van der Waals surface area contributed by atoms with Crippen LogP contribution in [0.3, 0.4) is 0 Å². The first kappa shape index (κ1) is 19.6. The molecule has 0 spiro atoms. The first-order valence-electron chi connectivity index (χ1n) is 10.4. The van der Waals surface area contributed by atoms with Gasteiger partial charge in [-0.3, -0.25) is 9.36 Å². The molecule has 1 heterocycles. The second-order valence-corrected chi connectivity index (χ2v) is 8.24. The minimum Gasteiger partial charge on any atom is -0.497 e. The van der Waals surface area contributed by atoms with Crippen molar-refractivity contribution in [3.8, 4) is 17.1 Å². The molecule has 0 bridgehead atoms. The maximum Gasteiger partial charge on any atom is 0.261 e. The highest BCUT2D eigenvalue weighted by molar-refractivity contribution is 5.81. The molecule has 0 amide bonds.